The maximum Gasteiger partial charge on any atom is 0.150 e. The monoisotopic (exact) mass is 392 g/mol. The lowest BCUT2D eigenvalue weighted by molar-refractivity contribution is 0.306. The molecule has 0 spiro atoms. The van der Waals surface area contributed by atoms with Crippen LogP contribution in [0.25, 0.3) is 27.8 Å². The van der Waals surface area contributed by atoms with E-state index in [2.05, 4.69) is 40.4 Å². The highest BCUT2D eigenvalue weighted by molar-refractivity contribution is 6.01. The van der Waals surface area contributed by atoms with Crippen molar-refractivity contribution in [3.8, 4) is 22.6 Å². The first-order valence-corrected chi connectivity index (χ1v) is 9.74. The molecule has 0 bridgehead atoms. The van der Waals surface area contributed by atoms with E-state index in [4.69, 9.17) is 10.5 Å². The van der Waals surface area contributed by atoms with Gasteiger partial charge in [-0.15, -0.1) is 0 Å². The van der Waals surface area contributed by atoms with Crippen molar-refractivity contribution >= 4 is 16.9 Å². The third kappa shape index (κ3) is 3.37. The van der Waals surface area contributed by atoms with Crippen molar-refractivity contribution in [2.24, 2.45) is 0 Å². The lowest BCUT2D eigenvalue weighted by Crippen LogP contribution is -1.98. The Hall–Kier alpha value is -4.12. The Morgan fingerprint density at radius 2 is 1.50 bits per heavy atom. The maximum absolute atomic E-state index is 6.22. The molecule has 5 nitrogen and oxygen atoms in total. The molecule has 0 unspecified atom stereocenters. The van der Waals surface area contributed by atoms with Crippen LogP contribution in [-0.2, 0) is 6.61 Å². The van der Waals surface area contributed by atoms with E-state index < -0.39 is 0 Å². The molecule has 0 aliphatic heterocycles. The van der Waals surface area contributed by atoms with Gasteiger partial charge < -0.3 is 15.0 Å². The Bertz CT molecular complexity index is 1280. The zero-order valence-corrected chi connectivity index (χ0v) is 16.3. The fourth-order valence-electron chi connectivity index (χ4n) is 3.56. The van der Waals surface area contributed by atoms with Gasteiger partial charge in [0.05, 0.1) is 5.39 Å². The summed E-state index contributed by atoms with van der Waals surface area (Å²) in [4.78, 5) is 8.70. The first kappa shape index (κ1) is 17.9. The average Bonchev–Trinajstić information content (AvgIpc) is 3.20. The van der Waals surface area contributed by atoms with Crippen molar-refractivity contribution in [2.45, 2.75) is 6.61 Å². The highest BCUT2D eigenvalue weighted by Crippen LogP contribution is 2.34. The van der Waals surface area contributed by atoms with E-state index >= 15 is 0 Å². The number of nitrogen functional groups attached to an aromatic ring is 1. The molecule has 0 atom stereocenters. The van der Waals surface area contributed by atoms with Gasteiger partial charge in [0.25, 0.3) is 0 Å². The van der Waals surface area contributed by atoms with Crippen molar-refractivity contribution in [1.29, 1.82) is 0 Å². The molecule has 0 radical (unpaired) electrons. The minimum absolute atomic E-state index is 0.473. The third-order valence-electron chi connectivity index (χ3n) is 5.06. The molecule has 2 aromatic heterocycles. The fourth-order valence-corrected chi connectivity index (χ4v) is 3.56. The van der Waals surface area contributed by atoms with Gasteiger partial charge in [0.1, 0.15) is 24.5 Å². The van der Waals surface area contributed by atoms with Crippen molar-refractivity contribution in [3.05, 3.63) is 103 Å². The molecule has 0 saturated carbocycles. The molecule has 0 amide bonds. The van der Waals surface area contributed by atoms with Gasteiger partial charge in [-0.25, -0.2) is 9.97 Å². The van der Waals surface area contributed by atoms with Crippen LogP contribution < -0.4 is 10.5 Å². The van der Waals surface area contributed by atoms with E-state index in [-0.39, 0.29) is 0 Å². The molecule has 5 aromatic rings. The van der Waals surface area contributed by atoms with Gasteiger partial charge in [-0.05, 0) is 35.4 Å². The summed E-state index contributed by atoms with van der Waals surface area (Å²) < 4.78 is 7.95. The largest absolute Gasteiger partial charge is 0.489 e. The lowest BCUT2D eigenvalue weighted by Gasteiger charge is -2.09. The molecule has 30 heavy (non-hydrogen) atoms. The van der Waals surface area contributed by atoms with Gasteiger partial charge in [0.15, 0.2) is 5.65 Å². The van der Waals surface area contributed by atoms with Gasteiger partial charge in [0, 0.05) is 17.4 Å². The first-order chi connectivity index (χ1) is 14.8. The summed E-state index contributed by atoms with van der Waals surface area (Å²) >= 11 is 0. The number of ether oxygens (including phenoxy) is 1. The number of aromatic nitrogens is 3. The summed E-state index contributed by atoms with van der Waals surface area (Å²) in [5, 5.41) is 0.855. The van der Waals surface area contributed by atoms with E-state index in [1.54, 1.807) is 0 Å². The van der Waals surface area contributed by atoms with Crippen molar-refractivity contribution in [1.82, 2.24) is 14.5 Å². The van der Waals surface area contributed by atoms with Crippen LogP contribution in [0.5, 0.6) is 5.75 Å². The summed E-state index contributed by atoms with van der Waals surface area (Å²) in [6.07, 6.45) is 3.56. The number of fused-ring (bicyclic) bond motifs is 1. The third-order valence-corrected chi connectivity index (χ3v) is 5.06. The van der Waals surface area contributed by atoms with Crippen LogP contribution in [0.2, 0.25) is 0 Å². The molecular formula is C25H20N4O. The van der Waals surface area contributed by atoms with E-state index in [1.165, 1.54) is 6.33 Å². The van der Waals surface area contributed by atoms with Crippen LogP contribution in [0, 0.1) is 0 Å². The van der Waals surface area contributed by atoms with Gasteiger partial charge in [-0.3, -0.25) is 0 Å². The smallest absolute Gasteiger partial charge is 0.150 e. The number of anilines is 1. The Balaban J connectivity index is 1.50. The second-order valence-electron chi connectivity index (χ2n) is 7.00. The SMILES string of the molecule is Nc1ncnc2c1c(-c1ccccc1)cn2-c1ccc(OCc2ccccc2)cc1. The molecule has 2 heterocycles. The van der Waals surface area contributed by atoms with E-state index in [1.807, 2.05) is 65.2 Å². The van der Waals surface area contributed by atoms with Gasteiger partial charge in [-0.1, -0.05) is 60.7 Å². The average molecular weight is 392 g/mol. The van der Waals surface area contributed by atoms with Gasteiger partial charge in [0.2, 0.25) is 0 Å². The second kappa shape index (κ2) is 7.72. The first-order valence-electron chi connectivity index (χ1n) is 9.74. The van der Waals surface area contributed by atoms with Gasteiger partial charge in [-0.2, -0.15) is 0 Å². The van der Waals surface area contributed by atoms with Crippen molar-refractivity contribution < 1.29 is 4.74 Å². The topological polar surface area (TPSA) is 66.0 Å². The van der Waals surface area contributed by atoms with Crippen LogP contribution in [0.3, 0.4) is 0 Å². The molecule has 5 heteroatoms. The molecule has 0 aliphatic carbocycles. The molecule has 146 valence electrons. The molecule has 0 aliphatic rings. The van der Waals surface area contributed by atoms with E-state index in [9.17, 15) is 0 Å². The predicted molar refractivity (Wildman–Crippen MR) is 119 cm³/mol. The number of rotatable bonds is 5. The van der Waals surface area contributed by atoms with Crippen molar-refractivity contribution in [2.75, 3.05) is 5.73 Å². The van der Waals surface area contributed by atoms with Crippen molar-refractivity contribution in [3.63, 3.8) is 0 Å². The zero-order valence-electron chi connectivity index (χ0n) is 16.3. The Morgan fingerprint density at radius 1 is 0.800 bits per heavy atom. The maximum atomic E-state index is 6.22. The van der Waals surface area contributed by atoms with E-state index in [0.29, 0.717) is 12.4 Å². The molecule has 5 rings (SSSR count). The number of nitrogens with zero attached hydrogens (tertiary/aromatic N) is 3. The quantitative estimate of drug-likeness (QED) is 0.444. The predicted octanol–water partition coefficient (Wildman–Crippen LogP) is 5.25. The molecule has 0 fully saturated rings. The van der Waals surface area contributed by atoms with Crippen LogP contribution in [-0.4, -0.2) is 14.5 Å². The summed E-state index contributed by atoms with van der Waals surface area (Å²) in [7, 11) is 0. The number of benzene rings is 3. The molecule has 2 N–H and O–H groups in total. The summed E-state index contributed by atoms with van der Waals surface area (Å²) in [5.74, 6) is 1.29. The van der Waals surface area contributed by atoms with Gasteiger partial charge >= 0.3 is 0 Å². The summed E-state index contributed by atoms with van der Waals surface area (Å²) in [5.41, 5.74) is 11.2. The van der Waals surface area contributed by atoms with Crippen LogP contribution in [0.15, 0.2) is 97.5 Å². The zero-order chi connectivity index (χ0) is 20.3. The molecule has 3 aromatic carbocycles. The standard InChI is InChI=1S/C25H20N4O/c26-24-23-22(19-9-5-2-6-10-19)15-29(25(23)28-17-27-24)20-11-13-21(14-12-20)30-16-18-7-3-1-4-8-18/h1-15,17H,16H2,(H2,26,27,28). The summed E-state index contributed by atoms with van der Waals surface area (Å²) in [6.45, 7) is 0.536. The van der Waals surface area contributed by atoms with Crippen LogP contribution in [0.1, 0.15) is 5.56 Å². The minimum atomic E-state index is 0.473. The number of nitrogens with two attached hydrogens (primary N) is 1. The molecule has 0 saturated heterocycles. The Morgan fingerprint density at radius 3 is 2.23 bits per heavy atom. The number of hydrogen-bond donors (Lipinski definition) is 1. The summed E-state index contributed by atoms with van der Waals surface area (Å²) in [6, 6.07) is 28.2. The number of hydrogen-bond acceptors (Lipinski definition) is 4. The lowest BCUT2D eigenvalue weighted by atomic mass is 10.1. The highest BCUT2D eigenvalue weighted by atomic mass is 16.5. The van der Waals surface area contributed by atoms with Crippen LogP contribution in [0.4, 0.5) is 5.82 Å². The second-order valence-corrected chi connectivity index (χ2v) is 7.00. The van der Waals surface area contributed by atoms with Crippen LogP contribution >= 0.6 is 0 Å². The highest BCUT2D eigenvalue weighted by Gasteiger charge is 2.15. The Labute approximate surface area is 174 Å². The Kier molecular flexibility index (Phi) is 4.62. The fraction of sp³-hybridized carbons (Fsp3) is 0.0400. The van der Waals surface area contributed by atoms with E-state index in [0.717, 1.165) is 39.2 Å². The molecular weight excluding hydrogens is 372 g/mol. The minimum Gasteiger partial charge on any atom is -0.489 e. The normalized spacial score (nSPS) is 10.9.